The molecule has 6 nitrogen and oxygen atoms in total. The van der Waals surface area contributed by atoms with E-state index in [1.54, 1.807) is 48.5 Å². The van der Waals surface area contributed by atoms with Crippen molar-refractivity contribution in [3.8, 4) is 11.8 Å². The van der Waals surface area contributed by atoms with Crippen molar-refractivity contribution in [2.45, 2.75) is 32.4 Å². The number of anilines is 2. The van der Waals surface area contributed by atoms with Crippen molar-refractivity contribution >= 4 is 35.0 Å². The molecule has 1 aliphatic rings. The van der Waals surface area contributed by atoms with Crippen molar-refractivity contribution in [1.82, 2.24) is 0 Å². The largest absolute Gasteiger partial charge is 0.494 e. The zero-order valence-electron chi connectivity index (χ0n) is 20.4. The average Bonchev–Trinajstić information content (AvgIpc) is 3.18. The summed E-state index contributed by atoms with van der Waals surface area (Å²) >= 11 is 1.25. The molecule has 2 amide bonds. The van der Waals surface area contributed by atoms with Gasteiger partial charge >= 0.3 is 0 Å². The van der Waals surface area contributed by atoms with E-state index in [1.807, 2.05) is 45.0 Å². The molecule has 1 N–H and O–H groups in total. The summed E-state index contributed by atoms with van der Waals surface area (Å²) in [5, 5.41) is 12.6. The number of nitrogens with zero attached hydrogens (tertiary/aromatic N) is 2. The first kappa shape index (κ1) is 25.1. The van der Waals surface area contributed by atoms with E-state index in [2.05, 4.69) is 11.4 Å². The summed E-state index contributed by atoms with van der Waals surface area (Å²) in [6.07, 6.45) is 0.487. The Bertz CT molecular complexity index is 1340. The van der Waals surface area contributed by atoms with Gasteiger partial charge < -0.3 is 10.1 Å². The molecule has 7 heteroatoms. The maximum absolute atomic E-state index is 13.7. The molecule has 3 aromatic rings. The lowest BCUT2D eigenvalue weighted by atomic mass is 10.0. The summed E-state index contributed by atoms with van der Waals surface area (Å²) in [4.78, 5) is 28.3. The molecule has 0 aliphatic carbocycles. The Morgan fingerprint density at radius 3 is 2.42 bits per heavy atom. The maximum atomic E-state index is 13.7. The third-order valence-electron chi connectivity index (χ3n) is 5.94. The van der Waals surface area contributed by atoms with Crippen LogP contribution in [0, 0.1) is 25.2 Å². The van der Waals surface area contributed by atoms with Crippen molar-refractivity contribution in [3.05, 3.63) is 100 Å². The number of carbonyl (C=O) groups excluding carboxylic acids is 2. The van der Waals surface area contributed by atoms with Gasteiger partial charge in [0.05, 0.1) is 11.9 Å². The summed E-state index contributed by atoms with van der Waals surface area (Å²) in [7, 11) is 0. The lowest BCUT2D eigenvalue weighted by molar-refractivity contribution is -0.117. The van der Waals surface area contributed by atoms with Crippen LogP contribution in [0.1, 0.15) is 23.6 Å². The minimum Gasteiger partial charge on any atom is -0.494 e. The number of amides is 2. The van der Waals surface area contributed by atoms with Gasteiger partial charge in [-0.25, -0.2) is 0 Å². The van der Waals surface area contributed by atoms with Crippen LogP contribution in [-0.2, 0) is 16.0 Å². The molecule has 3 aromatic carbocycles. The summed E-state index contributed by atoms with van der Waals surface area (Å²) in [5.41, 5.74) is 4.42. The molecule has 1 saturated heterocycles. The van der Waals surface area contributed by atoms with Crippen molar-refractivity contribution in [2.75, 3.05) is 16.8 Å². The molecule has 1 atom stereocenters. The molecular formula is C29H27N3O3S. The van der Waals surface area contributed by atoms with Crippen molar-refractivity contribution in [1.29, 1.82) is 5.26 Å². The van der Waals surface area contributed by atoms with Crippen LogP contribution in [0.2, 0.25) is 0 Å². The van der Waals surface area contributed by atoms with Crippen LogP contribution in [0.4, 0.5) is 11.4 Å². The highest BCUT2D eigenvalue weighted by Gasteiger charge is 2.40. The molecular weight excluding hydrogens is 470 g/mol. The van der Waals surface area contributed by atoms with Gasteiger partial charge in [0.15, 0.2) is 0 Å². The first-order chi connectivity index (χ1) is 17.4. The van der Waals surface area contributed by atoms with Crippen LogP contribution < -0.4 is 15.0 Å². The van der Waals surface area contributed by atoms with E-state index in [9.17, 15) is 14.9 Å². The smallest absolute Gasteiger partial charge is 0.269 e. The number of carbonyl (C=O) groups is 2. The number of para-hydroxylation sites is 1. The van der Waals surface area contributed by atoms with Crippen LogP contribution >= 0.6 is 11.8 Å². The highest BCUT2D eigenvalue weighted by atomic mass is 32.2. The fourth-order valence-electron chi connectivity index (χ4n) is 3.94. The molecule has 0 radical (unpaired) electrons. The number of hydrogen-bond donors (Lipinski definition) is 1. The topological polar surface area (TPSA) is 82.4 Å². The van der Waals surface area contributed by atoms with Gasteiger partial charge in [-0.3, -0.25) is 14.5 Å². The number of benzene rings is 3. The number of aryl methyl sites for hydroxylation is 2. The minimum absolute atomic E-state index is 0.103. The number of nitriles is 1. The molecule has 0 spiro atoms. The average molecular weight is 498 g/mol. The number of rotatable bonds is 7. The van der Waals surface area contributed by atoms with Crippen LogP contribution in [0.15, 0.2) is 83.4 Å². The SMILES string of the molecule is CCOc1ccc(N2C(=O)C(Cc3ccc(C)c(C)c3)S/C2=C(/C#N)C(=O)Nc2ccccc2)cc1. The Kier molecular flexibility index (Phi) is 7.77. The number of ether oxygens (including phenoxy) is 1. The third-order valence-corrected chi connectivity index (χ3v) is 7.20. The van der Waals surface area contributed by atoms with Crippen molar-refractivity contribution in [3.63, 3.8) is 0 Å². The second-order valence-electron chi connectivity index (χ2n) is 8.44. The summed E-state index contributed by atoms with van der Waals surface area (Å²) in [6, 6.07) is 24.2. The van der Waals surface area contributed by atoms with Gasteiger partial charge in [0.2, 0.25) is 5.91 Å². The Morgan fingerprint density at radius 1 is 1.06 bits per heavy atom. The summed E-state index contributed by atoms with van der Waals surface area (Å²) in [5.74, 6) is -0.0421. The fraction of sp³-hybridized carbons (Fsp3) is 0.207. The Labute approximate surface area is 215 Å². The standard InChI is InChI=1S/C29H27N3O3S/c1-4-35-24-14-12-23(13-15-24)32-28(34)26(17-21-11-10-19(2)20(3)16-21)36-29(32)25(18-30)27(33)31-22-8-6-5-7-9-22/h5-16,26H,4,17H2,1-3H3,(H,31,33)/b29-25-. The van der Waals surface area contributed by atoms with E-state index in [1.165, 1.54) is 22.2 Å². The van der Waals surface area contributed by atoms with E-state index in [0.29, 0.717) is 35.2 Å². The predicted octanol–water partition coefficient (Wildman–Crippen LogP) is 5.77. The van der Waals surface area contributed by atoms with Gasteiger partial charge in [0.25, 0.3) is 5.91 Å². The molecule has 0 bridgehead atoms. The molecule has 1 unspecified atom stereocenters. The normalized spacial score (nSPS) is 16.4. The monoisotopic (exact) mass is 497 g/mol. The van der Waals surface area contributed by atoms with E-state index in [-0.39, 0.29) is 11.5 Å². The number of nitrogens with one attached hydrogen (secondary N) is 1. The summed E-state index contributed by atoms with van der Waals surface area (Å²) in [6.45, 7) is 6.52. The number of hydrogen-bond acceptors (Lipinski definition) is 5. The highest BCUT2D eigenvalue weighted by molar-refractivity contribution is 8.05. The molecule has 4 rings (SSSR count). The predicted molar refractivity (Wildman–Crippen MR) is 144 cm³/mol. The second-order valence-corrected chi connectivity index (χ2v) is 9.63. The van der Waals surface area contributed by atoms with Crippen LogP contribution in [0.25, 0.3) is 0 Å². The van der Waals surface area contributed by atoms with Crippen molar-refractivity contribution < 1.29 is 14.3 Å². The van der Waals surface area contributed by atoms with Gasteiger partial charge in [-0.05, 0) is 80.3 Å². The molecule has 182 valence electrons. The van der Waals surface area contributed by atoms with Gasteiger partial charge in [0.1, 0.15) is 22.4 Å². The van der Waals surface area contributed by atoms with Crippen LogP contribution in [0.3, 0.4) is 0 Å². The second kappa shape index (κ2) is 11.1. The van der Waals surface area contributed by atoms with E-state index < -0.39 is 11.2 Å². The van der Waals surface area contributed by atoms with Gasteiger partial charge in [0, 0.05) is 11.4 Å². The molecule has 1 heterocycles. The maximum Gasteiger partial charge on any atom is 0.269 e. The van der Waals surface area contributed by atoms with E-state index >= 15 is 0 Å². The van der Waals surface area contributed by atoms with Crippen molar-refractivity contribution in [2.24, 2.45) is 0 Å². The first-order valence-corrected chi connectivity index (χ1v) is 12.6. The lowest BCUT2D eigenvalue weighted by Crippen LogP contribution is -2.30. The molecule has 1 fully saturated rings. The molecule has 0 saturated carbocycles. The third kappa shape index (κ3) is 5.45. The Hall–Kier alpha value is -4.02. The fourth-order valence-corrected chi connectivity index (χ4v) is 5.25. The van der Waals surface area contributed by atoms with E-state index in [4.69, 9.17) is 4.74 Å². The first-order valence-electron chi connectivity index (χ1n) is 11.7. The Balaban J connectivity index is 1.72. The summed E-state index contributed by atoms with van der Waals surface area (Å²) < 4.78 is 5.53. The molecule has 1 aliphatic heterocycles. The number of thioether (sulfide) groups is 1. The zero-order valence-corrected chi connectivity index (χ0v) is 21.3. The Morgan fingerprint density at radius 2 is 1.78 bits per heavy atom. The lowest BCUT2D eigenvalue weighted by Gasteiger charge is -2.19. The molecule has 36 heavy (non-hydrogen) atoms. The van der Waals surface area contributed by atoms with Crippen LogP contribution in [0.5, 0.6) is 5.75 Å². The van der Waals surface area contributed by atoms with Gasteiger partial charge in [-0.1, -0.05) is 48.2 Å². The van der Waals surface area contributed by atoms with E-state index in [0.717, 1.165) is 11.1 Å². The zero-order chi connectivity index (χ0) is 25.7. The highest BCUT2D eigenvalue weighted by Crippen LogP contribution is 2.42. The van der Waals surface area contributed by atoms with Gasteiger partial charge in [-0.2, -0.15) is 5.26 Å². The molecule has 0 aromatic heterocycles. The minimum atomic E-state index is -0.554. The van der Waals surface area contributed by atoms with Crippen LogP contribution in [-0.4, -0.2) is 23.7 Å². The quantitative estimate of drug-likeness (QED) is 0.331. The van der Waals surface area contributed by atoms with Gasteiger partial charge in [-0.15, -0.1) is 0 Å².